The van der Waals surface area contributed by atoms with Gasteiger partial charge in [-0.3, -0.25) is 0 Å². The van der Waals surface area contributed by atoms with Gasteiger partial charge in [0.2, 0.25) is 5.95 Å². The minimum Gasteiger partial charge on any atom is -0.388 e. The molecule has 14 heteroatoms. The Kier molecular flexibility index (Phi) is 6.68. The molecule has 0 aliphatic carbocycles. The molecule has 0 bridgehead atoms. The normalized spacial score (nSPS) is 20.9. The summed E-state index contributed by atoms with van der Waals surface area (Å²) < 4.78 is 67.6. The van der Waals surface area contributed by atoms with Crippen LogP contribution in [0.15, 0.2) is 35.9 Å². The Balaban J connectivity index is 1.55. The van der Waals surface area contributed by atoms with Gasteiger partial charge in [0.15, 0.2) is 5.03 Å². The van der Waals surface area contributed by atoms with Crippen LogP contribution >= 0.6 is 11.3 Å². The molecule has 1 aliphatic heterocycles. The second-order valence-corrected chi connectivity index (χ2v) is 11.1. The summed E-state index contributed by atoms with van der Waals surface area (Å²) in [6.07, 6.45) is -1.76. The number of anilines is 1. The van der Waals surface area contributed by atoms with Crippen molar-refractivity contribution in [3.8, 4) is 10.6 Å². The first-order valence-corrected chi connectivity index (χ1v) is 12.7. The number of hydrogen-bond donors (Lipinski definition) is 3. The Bertz CT molecular complexity index is 1240. The Labute approximate surface area is 198 Å². The minimum absolute atomic E-state index is 0.00865. The number of nitrogens with one attached hydrogen (secondary N) is 2. The first-order valence-electron chi connectivity index (χ1n) is 10.4. The van der Waals surface area contributed by atoms with Gasteiger partial charge in [0.1, 0.15) is 5.56 Å². The number of piperidine rings is 1. The number of thiophene rings is 1. The van der Waals surface area contributed by atoms with Crippen molar-refractivity contribution in [1.29, 1.82) is 0 Å². The van der Waals surface area contributed by atoms with Crippen LogP contribution in [-0.2, 0) is 16.2 Å². The fourth-order valence-electron chi connectivity index (χ4n) is 3.78. The van der Waals surface area contributed by atoms with Crippen LogP contribution in [0.4, 0.5) is 19.1 Å². The van der Waals surface area contributed by atoms with Gasteiger partial charge in [0.05, 0.1) is 29.2 Å². The van der Waals surface area contributed by atoms with E-state index < -0.39 is 27.9 Å². The molecule has 9 nitrogen and oxygen atoms in total. The molecule has 1 unspecified atom stereocenters. The number of aliphatic hydroxyl groups is 1. The van der Waals surface area contributed by atoms with Crippen LogP contribution in [0.5, 0.6) is 0 Å². The predicted octanol–water partition coefficient (Wildman–Crippen LogP) is 3.51. The largest absolute Gasteiger partial charge is 0.420 e. The highest BCUT2D eigenvalue weighted by atomic mass is 32.2. The van der Waals surface area contributed by atoms with E-state index in [0.717, 1.165) is 17.5 Å². The van der Waals surface area contributed by atoms with E-state index in [1.807, 2.05) is 6.92 Å². The number of nitrogens with zero attached hydrogens (tertiary/aromatic N) is 4. The van der Waals surface area contributed by atoms with Crippen LogP contribution in [0.1, 0.15) is 36.8 Å². The van der Waals surface area contributed by atoms with Gasteiger partial charge in [-0.1, -0.05) is 6.92 Å². The molecular formula is C20H23F3N6O3S2. The van der Waals surface area contributed by atoms with Gasteiger partial charge in [0, 0.05) is 30.2 Å². The van der Waals surface area contributed by atoms with E-state index in [4.69, 9.17) is 0 Å². The molecule has 0 saturated carbocycles. The van der Waals surface area contributed by atoms with Crippen LogP contribution in [0, 0.1) is 5.92 Å². The Morgan fingerprint density at radius 3 is 2.68 bits per heavy atom. The zero-order chi connectivity index (χ0) is 24.7. The van der Waals surface area contributed by atoms with E-state index in [-0.39, 0.29) is 46.6 Å². The molecule has 184 valence electrons. The number of aliphatic hydroxyl groups excluding tert-OH is 1. The van der Waals surface area contributed by atoms with Crippen LogP contribution < -0.4 is 5.32 Å². The van der Waals surface area contributed by atoms with Crippen LogP contribution in [0.3, 0.4) is 0 Å². The van der Waals surface area contributed by atoms with Gasteiger partial charge in [-0.25, -0.2) is 23.4 Å². The third-order valence-corrected chi connectivity index (χ3v) is 8.69. The summed E-state index contributed by atoms with van der Waals surface area (Å²) in [4.78, 5) is 15.2. The third kappa shape index (κ3) is 4.94. The molecule has 4 rings (SSSR count). The molecule has 0 spiro atoms. The topological polar surface area (TPSA) is 124 Å². The van der Waals surface area contributed by atoms with Crippen molar-refractivity contribution in [2.75, 3.05) is 18.4 Å². The molecule has 1 fully saturated rings. The summed E-state index contributed by atoms with van der Waals surface area (Å²) >= 11 is 1.03. The van der Waals surface area contributed by atoms with Crippen LogP contribution in [-0.4, -0.2) is 56.9 Å². The molecule has 3 aromatic heterocycles. The molecule has 3 aromatic rings. The smallest absolute Gasteiger partial charge is 0.388 e. The summed E-state index contributed by atoms with van der Waals surface area (Å²) in [6.45, 7) is 3.83. The number of hydrogen-bond acceptors (Lipinski definition) is 8. The molecule has 34 heavy (non-hydrogen) atoms. The van der Waals surface area contributed by atoms with Gasteiger partial charge in [-0.15, -0.1) is 11.3 Å². The zero-order valence-corrected chi connectivity index (χ0v) is 19.9. The first kappa shape index (κ1) is 24.6. The van der Waals surface area contributed by atoms with Crippen molar-refractivity contribution >= 4 is 27.3 Å². The maximum atomic E-state index is 13.6. The van der Waals surface area contributed by atoms with Crippen molar-refractivity contribution in [3.63, 3.8) is 0 Å². The van der Waals surface area contributed by atoms with Gasteiger partial charge in [0.25, 0.3) is 10.0 Å². The van der Waals surface area contributed by atoms with Crippen molar-refractivity contribution in [2.45, 2.75) is 43.6 Å². The van der Waals surface area contributed by atoms with Gasteiger partial charge < -0.3 is 15.4 Å². The number of aromatic nitrogens is 4. The summed E-state index contributed by atoms with van der Waals surface area (Å²) in [5.74, 6) is -0.138. The zero-order valence-electron chi connectivity index (χ0n) is 18.2. The average molecular weight is 517 g/mol. The number of alkyl halides is 3. The van der Waals surface area contributed by atoms with Gasteiger partial charge in [-0.2, -0.15) is 17.5 Å². The lowest BCUT2D eigenvalue weighted by atomic mass is 9.95. The van der Waals surface area contributed by atoms with E-state index in [9.17, 15) is 26.7 Å². The van der Waals surface area contributed by atoms with E-state index >= 15 is 0 Å². The highest BCUT2D eigenvalue weighted by molar-refractivity contribution is 7.89. The molecule has 1 saturated heterocycles. The lowest BCUT2D eigenvalue weighted by Gasteiger charge is -2.36. The maximum Gasteiger partial charge on any atom is 0.420 e. The quantitative estimate of drug-likeness (QED) is 0.458. The Hall–Kier alpha value is -2.55. The Morgan fingerprint density at radius 1 is 1.32 bits per heavy atom. The number of rotatable bonds is 6. The lowest BCUT2D eigenvalue weighted by Crippen LogP contribution is -2.47. The van der Waals surface area contributed by atoms with E-state index in [1.54, 1.807) is 6.07 Å². The molecule has 3 N–H and O–H groups in total. The van der Waals surface area contributed by atoms with E-state index in [1.165, 1.54) is 29.8 Å². The maximum absolute atomic E-state index is 13.6. The van der Waals surface area contributed by atoms with Crippen molar-refractivity contribution in [1.82, 2.24) is 24.2 Å². The molecule has 0 aromatic carbocycles. The average Bonchev–Trinajstić information content (AvgIpc) is 3.47. The number of aromatic amines is 1. The van der Waals surface area contributed by atoms with Gasteiger partial charge in [-0.05, 0) is 31.4 Å². The first-order chi connectivity index (χ1) is 16.0. The van der Waals surface area contributed by atoms with Crippen LogP contribution in [0.2, 0.25) is 0 Å². The lowest BCUT2D eigenvalue weighted by molar-refractivity contribution is -0.137. The SMILES string of the molecule is CC(O)c1ccc(-c2nc(N[C@H]3CCN(S(=O)(=O)c4cnc[nH]4)C[C@H]3C)ncc2C(F)(F)F)s1. The van der Waals surface area contributed by atoms with E-state index in [2.05, 4.69) is 25.3 Å². The summed E-state index contributed by atoms with van der Waals surface area (Å²) in [6, 6.07) is 2.82. The molecule has 0 radical (unpaired) electrons. The molecule has 0 amide bonds. The predicted molar refractivity (Wildman–Crippen MR) is 120 cm³/mol. The number of sulfonamides is 1. The summed E-state index contributed by atoms with van der Waals surface area (Å²) in [5, 5.41) is 12.8. The molecular weight excluding hydrogens is 493 g/mol. The number of imidazole rings is 1. The highest BCUT2D eigenvalue weighted by Crippen LogP contribution is 2.39. The molecule has 4 heterocycles. The second-order valence-electron chi connectivity index (χ2n) is 8.13. The minimum atomic E-state index is -4.65. The molecule has 1 aliphatic rings. The Morgan fingerprint density at radius 2 is 2.09 bits per heavy atom. The van der Waals surface area contributed by atoms with Gasteiger partial charge >= 0.3 is 6.18 Å². The monoisotopic (exact) mass is 516 g/mol. The van der Waals surface area contributed by atoms with Crippen molar-refractivity contribution in [3.05, 3.63) is 41.3 Å². The third-order valence-electron chi connectivity index (χ3n) is 5.64. The fraction of sp³-hybridized carbons (Fsp3) is 0.450. The van der Waals surface area contributed by atoms with Crippen molar-refractivity contribution in [2.24, 2.45) is 5.92 Å². The number of H-pyrrole nitrogens is 1. The van der Waals surface area contributed by atoms with Crippen LogP contribution in [0.25, 0.3) is 10.6 Å². The summed E-state index contributed by atoms with van der Waals surface area (Å²) in [5.41, 5.74) is -1.24. The van der Waals surface area contributed by atoms with Crippen molar-refractivity contribution < 1.29 is 26.7 Å². The van der Waals surface area contributed by atoms with E-state index in [0.29, 0.717) is 11.3 Å². The summed E-state index contributed by atoms with van der Waals surface area (Å²) in [7, 11) is -3.71. The standard InChI is InChI=1S/C20H23F3N6O3S2/c1-11-9-29(34(31,32)17-8-24-10-26-17)6-5-14(11)27-19-25-7-13(20(21,22)23)18(28-19)16-4-3-15(33-16)12(2)30/h3-4,7-8,10-12,14,30H,5-6,9H2,1-2H3,(H,24,26)(H,25,27,28)/t11-,12?,14+/m1/s1. The highest BCUT2D eigenvalue weighted by Gasteiger charge is 2.37. The second kappa shape index (κ2) is 9.24. The molecule has 3 atom stereocenters. The fourth-order valence-corrected chi connectivity index (χ4v) is 6.18. The number of halogens is 3.